The number of nitrogen functional groups attached to an aromatic ring is 1. The van der Waals surface area contributed by atoms with Crippen LogP contribution in [-0.2, 0) is 4.74 Å². The normalized spacial score (nSPS) is 31.8. The number of ether oxygens (including phenoxy) is 1. The first-order chi connectivity index (χ1) is 8.45. The average Bonchev–Trinajstić information content (AvgIpc) is 2.61. The summed E-state index contributed by atoms with van der Waals surface area (Å²) in [5, 5.41) is 28.3. The highest BCUT2D eigenvalue weighted by Crippen LogP contribution is 2.29. The van der Waals surface area contributed by atoms with Crippen LogP contribution in [0.3, 0.4) is 0 Å². The second-order valence-corrected chi connectivity index (χ2v) is 4.75. The summed E-state index contributed by atoms with van der Waals surface area (Å²) < 4.78 is 6.57. The van der Waals surface area contributed by atoms with Gasteiger partial charge in [0, 0.05) is 6.20 Å². The van der Waals surface area contributed by atoms with Crippen molar-refractivity contribution < 1.29 is 20.1 Å². The highest BCUT2D eigenvalue weighted by atomic mass is 79.9. The molecule has 4 atom stereocenters. The van der Waals surface area contributed by atoms with E-state index in [9.17, 15) is 15.0 Å². The maximum Gasteiger partial charge on any atom is 0.351 e. The van der Waals surface area contributed by atoms with Crippen LogP contribution in [0.5, 0.6) is 0 Å². The molecule has 0 unspecified atom stereocenters. The van der Waals surface area contributed by atoms with Crippen LogP contribution in [-0.4, -0.2) is 49.8 Å². The summed E-state index contributed by atoms with van der Waals surface area (Å²) in [7, 11) is 0. The van der Waals surface area contributed by atoms with Crippen molar-refractivity contribution in [3.05, 3.63) is 21.2 Å². The zero-order chi connectivity index (χ0) is 13.4. The average molecular weight is 322 g/mol. The molecule has 0 amide bonds. The van der Waals surface area contributed by atoms with Gasteiger partial charge in [-0.25, -0.2) is 4.79 Å². The van der Waals surface area contributed by atoms with Crippen LogP contribution in [0, 0.1) is 0 Å². The van der Waals surface area contributed by atoms with E-state index >= 15 is 0 Å². The SMILES string of the molecule is Nc1nc(=O)n([C@H]2O[C@@H](CO)[C@@H](O)[C@@H]2O)cc1Br. The molecule has 8 nitrogen and oxygen atoms in total. The Hall–Kier alpha value is -1.00. The summed E-state index contributed by atoms with van der Waals surface area (Å²) in [6, 6.07) is 0. The molecule has 18 heavy (non-hydrogen) atoms. The van der Waals surface area contributed by atoms with Gasteiger partial charge in [-0.1, -0.05) is 0 Å². The third-order valence-corrected chi connectivity index (χ3v) is 3.34. The van der Waals surface area contributed by atoms with Crippen LogP contribution in [0.25, 0.3) is 0 Å². The molecule has 0 aromatic carbocycles. The number of hydrogen-bond donors (Lipinski definition) is 4. The number of halogens is 1. The first kappa shape index (κ1) is 13.4. The fraction of sp³-hybridized carbons (Fsp3) is 0.556. The third-order valence-electron chi connectivity index (χ3n) is 2.73. The molecular weight excluding hydrogens is 310 g/mol. The van der Waals surface area contributed by atoms with E-state index in [0.717, 1.165) is 4.57 Å². The van der Waals surface area contributed by atoms with E-state index in [2.05, 4.69) is 20.9 Å². The van der Waals surface area contributed by atoms with Gasteiger partial charge in [0.05, 0.1) is 11.1 Å². The van der Waals surface area contributed by atoms with E-state index in [0.29, 0.717) is 4.47 Å². The van der Waals surface area contributed by atoms with Gasteiger partial charge in [-0.15, -0.1) is 0 Å². The topological polar surface area (TPSA) is 131 Å². The van der Waals surface area contributed by atoms with Gasteiger partial charge in [-0.2, -0.15) is 4.98 Å². The lowest BCUT2D eigenvalue weighted by Gasteiger charge is -2.17. The van der Waals surface area contributed by atoms with Crippen molar-refractivity contribution in [3.8, 4) is 0 Å². The molecule has 1 fully saturated rings. The van der Waals surface area contributed by atoms with Gasteiger partial charge in [-0.3, -0.25) is 4.57 Å². The van der Waals surface area contributed by atoms with E-state index in [-0.39, 0.29) is 5.82 Å². The Morgan fingerprint density at radius 2 is 2.17 bits per heavy atom. The Labute approximate surface area is 110 Å². The zero-order valence-electron chi connectivity index (χ0n) is 9.10. The quantitative estimate of drug-likeness (QED) is 0.505. The summed E-state index contributed by atoms with van der Waals surface area (Å²) in [5.74, 6) is 0.0167. The lowest BCUT2D eigenvalue weighted by molar-refractivity contribution is -0.0550. The molecular formula is C9H12BrN3O5. The van der Waals surface area contributed by atoms with Gasteiger partial charge in [0.1, 0.15) is 24.1 Å². The van der Waals surface area contributed by atoms with Crippen LogP contribution < -0.4 is 11.4 Å². The largest absolute Gasteiger partial charge is 0.394 e. The standard InChI is InChI=1S/C9H12BrN3O5/c10-3-1-13(9(17)12-7(3)11)8-6(16)5(15)4(2-14)18-8/h1,4-6,8,14-16H,2H2,(H2,11,12,17)/t4-,5+,6-,8-/m0/s1. The van der Waals surface area contributed by atoms with E-state index in [1.165, 1.54) is 6.20 Å². The summed E-state index contributed by atoms with van der Waals surface area (Å²) in [6.07, 6.45) is -3.37. The molecule has 2 rings (SSSR count). The molecule has 0 aliphatic carbocycles. The molecule has 0 spiro atoms. The summed E-state index contributed by atoms with van der Waals surface area (Å²) >= 11 is 3.10. The van der Waals surface area contributed by atoms with Gasteiger partial charge >= 0.3 is 5.69 Å². The summed E-state index contributed by atoms with van der Waals surface area (Å²) in [6.45, 7) is -0.465. The summed E-state index contributed by atoms with van der Waals surface area (Å²) in [5.41, 5.74) is 4.72. The Balaban J connectivity index is 2.39. The van der Waals surface area contributed by atoms with Gasteiger partial charge in [0.2, 0.25) is 0 Å². The van der Waals surface area contributed by atoms with Crippen molar-refractivity contribution in [2.24, 2.45) is 0 Å². The molecule has 100 valence electrons. The van der Waals surface area contributed by atoms with Crippen molar-refractivity contribution >= 4 is 21.7 Å². The van der Waals surface area contributed by atoms with Crippen LogP contribution in [0.4, 0.5) is 5.82 Å². The fourth-order valence-corrected chi connectivity index (χ4v) is 2.06. The fourth-order valence-electron chi connectivity index (χ4n) is 1.75. The maximum atomic E-state index is 11.6. The van der Waals surface area contributed by atoms with Crippen LogP contribution in [0.15, 0.2) is 15.5 Å². The number of anilines is 1. The molecule has 0 saturated carbocycles. The minimum Gasteiger partial charge on any atom is -0.394 e. The highest BCUT2D eigenvalue weighted by molar-refractivity contribution is 9.10. The smallest absolute Gasteiger partial charge is 0.351 e. The number of aromatic nitrogens is 2. The zero-order valence-corrected chi connectivity index (χ0v) is 10.7. The number of nitrogens with two attached hydrogens (primary N) is 1. The molecule has 9 heteroatoms. The van der Waals surface area contributed by atoms with Crippen LogP contribution in [0.2, 0.25) is 0 Å². The second-order valence-electron chi connectivity index (χ2n) is 3.89. The van der Waals surface area contributed by atoms with Gasteiger partial charge < -0.3 is 25.8 Å². The van der Waals surface area contributed by atoms with E-state index in [4.69, 9.17) is 15.6 Å². The van der Waals surface area contributed by atoms with Gasteiger partial charge in [-0.05, 0) is 15.9 Å². The van der Waals surface area contributed by atoms with Crippen LogP contribution in [0.1, 0.15) is 6.23 Å². The first-order valence-electron chi connectivity index (χ1n) is 5.12. The van der Waals surface area contributed by atoms with Gasteiger partial charge in [0.15, 0.2) is 6.23 Å². The first-order valence-corrected chi connectivity index (χ1v) is 5.91. The molecule has 1 aliphatic rings. The lowest BCUT2D eigenvalue weighted by atomic mass is 10.1. The monoisotopic (exact) mass is 321 g/mol. The molecule has 5 N–H and O–H groups in total. The van der Waals surface area contributed by atoms with Crippen molar-refractivity contribution in [2.75, 3.05) is 12.3 Å². The predicted octanol–water partition coefficient (Wildman–Crippen LogP) is -1.80. The molecule has 0 radical (unpaired) electrons. The van der Waals surface area contributed by atoms with Crippen molar-refractivity contribution in [1.82, 2.24) is 9.55 Å². The Morgan fingerprint density at radius 1 is 1.50 bits per heavy atom. The van der Waals surface area contributed by atoms with E-state index < -0.39 is 36.8 Å². The molecule has 1 aromatic heterocycles. The minimum atomic E-state index is -1.34. The minimum absolute atomic E-state index is 0.0167. The van der Waals surface area contributed by atoms with Crippen molar-refractivity contribution in [3.63, 3.8) is 0 Å². The number of aliphatic hydroxyl groups excluding tert-OH is 3. The Bertz CT molecular complexity index is 507. The molecule has 1 aromatic rings. The van der Waals surface area contributed by atoms with E-state index in [1.54, 1.807) is 0 Å². The number of rotatable bonds is 2. The number of aliphatic hydroxyl groups is 3. The van der Waals surface area contributed by atoms with Crippen molar-refractivity contribution in [1.29, 1.82) is 0 Å². The maximum absolute atomic E-state index is 11.6. The lowest BCUT2D eigenvalue weighted by Crippen LogP contribution is -2.36. The molecule has 0 bridgehead atoms. The van der Waals surface area contributed by atoms with Crippen molar-refractivity contribution in [2.45, 2.75) is 24.5 Å². The Morgan fingerprint density at radius 3 is 2.72 bits per heavy atom. The van der Waals surface area contributed by atoms with E-state index in [1.807, 2.05) is 0 Å². The predicted molar refractivity (Wildman–Crippen MR) is 63.6 cm³/mol. The Kier molecular flexibility index (Phi) is 3.69. The van der Waals surface area contributed by atoms with Crippen LogP contribution >= 0.6 is 15.9 Å². The van der Waals surface area contributed by atoms with Gasteiger partial charge in [0.25, 0.3) is 0 Å². The second kappa shape index (κ2) is 4.94. The highest BCUT2D eigenvalue weighted by Gasteiger charge is 2.43. The number of hydrogen-bond acceptors (Lipinski definition) is 7. The number of nitrogens with zero attached hydrogens (tertiary/aromatic N) is 2. The summed E-state index contributed by atoms with van der Waals surface area (Å²) in [4.78, 5) is 15.2. The molecule has 1 saturated heterocycles. The third kappa shape index (κ3) is 2.15. The molecule has 1 aliphatic heterocycles. The molecule has 2 heterocycles.